The van der Waals surface area contributed by atoms with Gasteiger partial charge in [-0.15, -0.1) is 0 Å². The molecule has 1 saturated carbocycles. The van der Waals surface area contributed by atoms with E-state index >= 15 is 0 Å². The van der Waals surface area contributed by atoms with Gasteiger partial charge in [-0.1, -0.05) is 11.6 Å². The zero-order valence-electron chi connectivity index (χ0n) is 12.8. The summed E-state index contributed by atoms with van der Waals surface area (Å²) in [4.78, 5) is 4.79. The number of nitrogens with zero attached hydrogens (tertiary/aromatic N) is 5. The number of hydrogen-bond acceptors (Lipinski definition) is 4. The van der Waals surface area contributed by atoms with Crippen LogP contribution in [0.15, 0.2) is 12.3 Å². The van der Waals surface area contributed by atoms with Crippen LogP contribution in [0.4, 0.5) is 5.82 Å². The average Bonchev–Trinajstić information content (AvgIpc) is 3.19. The van der Waals surface area contributed by atoms with Crippen LogP contribution in [-0.2, 0) is 13.6 Å². The van der Waals surface area contributed by atoms with E-state index in [-0.39, 0.29) is 0 Å². The van der Waals surface area contributed by atoms with Gasteiger partial charge in [0.1, 0.15) is 0 Å². The van der Waals surface area contributed by atoms with Gasteiger partial charge in [-0.25, -0.2) is 0 Å². The van der Waals surface area contributed by atoms with Gasteiger partial charge in [0, 0.05) is 57.4 Å². The number of nitrogens with one attached hydrogen (secondary N) is 1. The molecule has 2 aromatic heterocycles. The van der Waals surface area contributed by atoms with Gasteiger partial charge in [0.15, 0.2) is 5.82 Å². The van der Waals surface area contributed by atoms with Gasteiger partial charge < -0.3 is 4.90 Å². The molecule has 1 aliphatic carbocycles. The first-order valence-corrected chi connectivity index (χ1v) is 8.27. The monoisotopic (exact) mass is 320 g/mol. The van der Waals surface area contributed by atoms with Crippen molar-refractivity contribution in [3.8, 4) is 0 Å². The van der Waals surface area contributed by atoms with Crippen molar-refractivity contribution in [1.29, 1.82) is 0 Å². The summed E-state index contributed by atoms with van der Waals surface area (Å²) in [6, 6.07) is 2.23. The molecule has 22 heavy (non-hydrogen) atoms. The summed E-state index contributed by atoms with van der Waals surface area (Å²) in [5.41, 5.74) is 2.39. The van der Waals surface area contributed by atoms with E-state index in [1.54, 1.807) is 6.20 Å². The lowest BCUT2D eigenvalue weighted by molar-refractivity contribution is 0.243. The Morgan fingerprint density at radius 2 is 2.05 bits per heavy atom. The van der Waals surface area contributed by atoms with Crippen LogP contribution in [0.1, 0.15) is 30.1 Å². The summed E-state index contributed by atoms with van der Waals surface area (Å²) in [6.07, 6.45) is 4.33. The van der Waals surface area contributed by atoms with Gasteiger partial charge in [0.25, 0.3) is 0 Å². The van der Waals surface area contributed by atoms with Crippen molar-refractivity contribution in [3.63, 3.8) is 0 Å². The van der Waals surface area contributed by atoms with E-state index in [2.05, 4.69) is 31.2 Å². The molecular formula is C15H21ClN6. The van der Waals surface area contributed by atoms with Gasteiger partial charge in [-0.3, -0.25) is 14.7 Å². The molecule has 1 saturated heterocycles. The molecule has 4 rings (SSSR count). The predicted molar refractivity (Wildman–Crippen MR) is 86.3 cm³/mol. The molecular weight excluding hydrogens is 300 g/mol. The second-order valence-corrected chi connectivity index (χ2v) is 6.69. The SMILES string of the molecule is Cn1ncc(Cl)c1CN1CCN(c2cc(C3CC3)[nH]n2)CC1. The predicted octanol–water partition coefficient (Wildman–Crippen LogP) is 2.00. The number of H-pyrrole nitrogens is 1. The van der Waals surface area contributed by atoms with Crippen molar-refractivity contribution in [1.82, 2.24) is 24.9 Å². The molecule has 0 unspecified atom stereocenters. The first kappa shape index (κ1) is 14.1. The molecule has 0 aromatic carbocycles. The topological polar surface area (TPSA) is 53.0 Å². The fourth-order valence-corrected chi connectivity index (χ4v) is 3.28. The highest BCUT2D eigenvalue weighted by Crippen LogP contribution is 2.39. The van der Waals surface area contributed by atoms with Gasteiger partial charge >= 0.3 is 0 Å². The minimum absolute atomic E-state index is 0.731. The van der Waals surface area contributed by atoms with Crippen molar-refractivity contribution < 1.29 is 0 Å². The van der Waals surface area contributed by atoms with Gasteiger partial charge in [0.2, 0.25) is 0 Å². The highest BCUT2D eigenvalue weighted by molar-refractivity contribution is 6.31. The van der Waals surface area contributed by atoms with Crippen LogP contribution in [0, 0.1) is 0 Å². The van der Waals surface area contributed by atoms with Crippen LogP contribution in [0.3, 0.4) is 0 Å². The number of rotatable bonds is 4. The Kier molecular flexibility index (Phi) is 3.58. The van der Waals surface area contributed by atoms with E-state index in [1.807, 2.05) is 11.7 Å². The molecule has 2 fully saturated rings. The van der Waals surface area contributed by atoms with Crippen LogP contribution in [0.25, 0.3) is 0 Å². The molecule has 0 radical (unpaired) electrons. The average molecular weight is 321 g/mol. The van der Waals surface area contributed by atoms with E-state index in [9.17, 15) is 0 Å². The number of halogens is 1. The van der Waals surface area contributed by atoms with Crippen LogP contribution >= 0.6 is 11.6 Å². The number of hydrogen-bond donors (Lipinski definition) is 1. The third-order valence-electron chi connectivity index (χ3n) is 4.68. The van der Waals surface area contributed by atoms with Crippen LogP contribution in [0.2, 0.25) is 5.02 Å². The largest absolute Gasteiger partial charge is 0.353 e. The quantitative estimate of drug-likeness (QED) is 0.936. The van der Waals surface area contributed by atoms with Crippen LogP contribution in [0.5, 0.6) is 0 Å². The maximum atomic E-state index is 6.19. The van der Waals surface area contributed by atoms with Crippen molar-refractivity contribution in [3.05, 3.63) is 28.7 Å². The fraction of sp³-hybridized carbons (Fsp3) is 0.600. The van der Waals surface area contributed by atoms with E-state index in [0.29, 0.717) is 0 Å². The lowest BCUT2D eigenvalue weighted by atomic mass is 10.2. The van der Waals surface area contributed by atoms with E-state index in [1.165, 1.54) is 18.5 Å². The maximum absolute atomic E-state index is 6.19. The maximum Gasteiger partial charge on any atom is 0.150 e. The molecule has 2 aliphatic rings. The third kappa shape index (κ3) is 2.73. The number of piperazine rings is 1. The fourth-order valence-electron chi connectivity index (χ4n) is 3.05. The minimum atomic E-state index is 0.731. The first-order valence-electron chi connectivity index (χ1n) is 7.89. The summed E-state index contributed by atoms with van der Waals surface area (Å²) in [5, 5.41) is 12.6. The summed E-state index contributed by atoms with van der Waals surface area (Å²) < 4.78 is 1.87. The summed E-state index contributed by atoms with van der Waals surface area (Å²) in [6.45, 7) is 4.91. The molecule has 1 aliphatic heterocycles. The van der Waals surface area contributed by atoms with Gasteiger partial charge in [-0.05, 0) is 12.8 Å². The standard InChI is InChI=1S/C15H21ClN6/c1-20-14(12(16)9-17-20)10-21-4-6-22(7-5-21)15-8-13(18-19-15)11-2-3-11/h8-9,11H,2-7,10H2,1H3,(H,18,19). The molecule has 2 aromatic rings. The summed E-state index contributed by atoms with van der Waals surface area (Å²) in [5.74, 6) is 1.83. The second-order valence-electron chi connectivity index (χ2n) is 6.28. The van der Waals surface area contributed by atoms with Crippen molar-refractivity contribution in [2.75, 3.05) is 31.1 Å². The first-order chi connectivity index (χ1) is 10.7. The van der Waals surface area contributed by atoms with Crippen LogP contribution < -0.4 is 4.90 Å². The molecule has 0 atom stereocenters. The Bertz CT molecular complexity index is 631. The third-order valence-corrected chi connectivity index (χ3v) is 5.00. The molecule has 0 spiro atoms. The highest BCUT2D eigenvalue weighted by atomic mass is 35.5. The normalized spacial score (nSPS) is 19.8. The van der Waals surface area contributed by atoms with E-state index in [4.69, 9.17) is 11.6 Å². The minimum Gasteiger partial charge on any atom is -0.353 e. The lowest BCUT2D eigenvalue weighted by Gasteiger charge is -2.34. The zero-order chi connectivity index (χ0) is 15.1. The van der Waals surface area contributed by atoms with Crippen molar-refractivity contribution in [2.24, 2.45) is 7.05 Å². The highest BCUT2D eigenvalue weighted by Gasteiger charge is 2.27. The van der Waals surface area contributed by atoms with Crippen LogP contribution in [-0.4, -0.2) is 51.1 Å². The van der Waals surface area contributed by atoms with E-state index < -0.39 is 0 Å². The summed E-state index contributed by atoms with van der Waals surface area (Å²) in [7, 11) is 1.95. The molecule has 1 N–H and O–H groups in total. The van der Waals surface area contributed by atoms with Gasteiger partial charge in [0.05, 0.1) is 16.9 Å². The Morgan fingerprint density at radius 3 is 2.68 bits per heavy atom. The van der Waals surface area contributed by atoms with Crippen molar-refractivity contribution >= 4 is 17.4 Å². The van der Waals surface area contributed by atoms with E-state index in [0.717, 1.165) is 55.2 Å². The Balaban J connectivity index is 1.35. The zero-order valence-corrected chi connectivity index (χ0v) is 13.6. The molecule has 0 bridgehead atoms. The molecule has 0 amide bonds. The smallest absolute Gasteiger partial charge is 0.150 e. The van der Waals surface area contributed by atoms with Gasteiger partial charge in [-0.2, -0.15) is 10.2 Å². The Hall–Kier alpha value is -1.53. The molecule has 6 nitrogen and oxygen atoms in total. The second kappa shape index (κ2) is 5.59. The summed E-state index contributed by atoms with van der Waals surface area (Å²) >= 11 is 6.19. The molecule has 118 valence electrons. The molecule has 3 heterocycles. The van der Waals surface area contributed by atoms with Crippen molar-refractivity contribution in [2.45, 2.75) is 25.3 Å². The number of aromatic amines is 1. The number of aromatic nitrogens is 4. The lowest BCUT2D eigenvalue weighted by Crippen LogP contribution is -2.46. The Morgan fingerprint density at radius 1 is 1.27 bits per heavy atom. The number of anilines is 1. The molecule has 7 heteroatoms. The number of aryl methyl sites for hydroxylation is 1. The Labute approximate surface area is 135 Å².